The Kier molecular flexibility index (Phi) is 4.43. The third kappa shape index (κ3) is 4.48. The van der Waals surface area contributed by atoms with Gasteiger partial charge in [-0.2, -0.15) is 13.2 Å². The van der Waals surface area contributed by atoms with E-state index in [2.05, 4.69) is 5.32 Å². The van der Waals surface area contributed by atoms with Crippen LogP contribution in [0.3, 0.4) is 0 Å². The van der Waals surface area contributed by atoms with Crippen molar-refractivity contribution in [1.82, 2.24) is 5.32 Å². The van der Waals surface area contributed by atoms with Crippen LogP contribution in [0.15, 0.2) is 12.1 Å². The van der Waals surface area contributed by atoms with E-state index in [4.69, 9.17) is 22.1 Å². The summed E-state index contributed by atoms with van der Waals surface area (Å²) in [4.78, 5) is 11.5. The van der Waals surface area contributed by atoms with Crippen molar-refractivity contribution >= 4 is 23.4 Å². The van der Waals surface area contributed by atoms with Gasteiger partial charge in [0.25, 0.3) is 0 Å². The van der Waals surface area contributed by atoms with Crippen LogP contribution < -0.4 is 15.8 Å². The normalized spacial score (nSPS) is 12.2. The summed E-state index contributed by atoms with van der Waals surface area (Å²) >= 11 is 5.60. The van der Waals surface area contributed by atoms with Crippen molar-refractivity contribution in [2.24, 2.45) is 0 Å². The topological polar surface area (TPSA) is 64.3 Å². The van der Waals surface area contributed by atoms with Crippen LogP contribution in [-0.2, 0) is 6.18 Å². The number of amides is 1. The summed E-state index contributed by atoms with van der Waals surface area (Å²) in [6.07, 6.45) is -5.53. The molecule has 0 aromatic heterocycles. The first-order chi connectivity index (χ1) is 8.90. The van der Waals surface area contributed by atoms with E-state index < -0.39 is 29.1 Å². The molecule has 0 radical (unpaired) electrons. The minimum Gasteiger partial charge on any atom is -0.408 e. The van der Waals surface area contributed by atoms with Crippen LogP contribution in [0.5, 0.6) is 5.75 Å². The van der Waals surface area contributed by atoms with Crippen molar-refractivity contribution in [2.45, 2.75) is 32.5 Å². The molecule has 4 nitrogen and oxygen atoms in total. The second-order valence-corrected chi connectivity index (χ2v) is 5.54. The van der Waals surface area contributed by atoms with Crippen molar-refractivity contribution in [3.63, 3.8) is 0 Å². The molecule has 1 amide bonds. The highest BCUT2D eigenvalue weighted by molar-refractivity contribution is 6.33. The van der Waals surface area contributed by atoms with Gasteiger partial charge in [0.1, 0.15) is 0 Å². The highest BCUT2D eigenvalue weighted by Crippen LogP contribution is 2.38. The minimum atomic E-state index is -4.62. The second-order valence-electron chi connectivity index (χ2n) is 5.13. The van der Waals surface area contributed by atoms with Gasteiger partial charge < -0.3 is 15.8 Å². The zero-order valence-corrected chi connectivity index (χ0v) is 11.8. The Bertz CT molecular complexity index is 525. The number of carbonyl (C=O) groups excluding carboxylic acids is 1. The molecule has 0 aliphatic heterocycles. The number of nitrogens with one attached hydrogen (secondary N) is 1. The van der Waals surface area contributed by atoms with Gasteiger partial charge in [-0.15, -0.1) is 0 Å². The number of hydrogen-bond donors (Lipinski definition) is 2. The lowest BCUT2D eigenvalue weighted by atomic mass is 10.1. The molecule has 0 fully saturated rings. The molecule has 1 rings (SSSR count). The molecule has 0 aliphatic carbocycles. The molecule has 1 aromatic carbocycles. The maximum absolute atomic E-state index is 12.6. The number of rotatable bonds is 1. The molecular weight excluding hydrogens is 297 g/mol. The zero-order valence-electron chi connectivity index (χ0n) is 11.1. The summed E-state index contributed by atoms with van der Waals surface area (Å²) in [7, 11) is 0. The predicted octanol–water partition coefficient (Wildman–Crippen LogP) is 3.83. The number of hydrogen-bond acceptors (Lipinski definition) is 3. The van der Waals surface area contributed by atoms with Crippen molar-refractivity contribution in [1.29, 1.82) is 0 Å². The number of nitrogen functional groups attached to an aromatic ring is 1. The Morgan fingerprint density at radius 3 is 2.30 bits per heavy atom. The Morgan fingerprint density at radius 2 is 1.85 bits per heavy atom. The fraction of sp³-hybridized carbons (Fsp3) is 0.417. The molecule has 1 aromatic rings. The number of halogens is 4. The summed E-state index contributed by atoms with van der Waals surface area (Å²) < 4.78 is 42.7. The molecule has 0 spiro atoms. The molecule has 3 N–H and O–H groups in total. The number of nitrogens with two attached hydrogens (primary N) is 1. The van der Waals surface area contributed by atoms with Crippen LogP contribution in [0.4, 0.5) is 23.7 Å². The highest BCUT2D eigenvalue weighted by Gasteiger charge is 2.32. The Balaban J connectivity index is 3.06. The van der Waals surface area contributed by atoms with Gasteiger partial charge in [0.2, 0.25) is 0 Å². The lowest BCUT2D eigenvalue weighted by Crippen LogP contribution is -2.42. The van der Waals surface area contributed by atoms with E-state index in [1.807, 2.05) is 0 Å². The molecule has 0 aliphatic rings. The van der Waals surface area contributed by atoms with Gasteiger partial charge >= 0.3 is 12.3 Å². The van der Waals surface area contributed by atoms with E-state index in [1.165, 1.54) is 0 Å². The van der Waals surface area contributed by atoms with Gasteiger partial charge in [0.15, 0.2) is 5.75 Å². The molecule has 0 unspecified atom stereocenters. The molecule has 20 heavy (non-hydrogen) atoms. The first kappa shape index (κ1) is 16.4. The molecule has 0 saturated carbocycles. The van der Waals surface area contributed by atoms with Gasteiger partial charge in [-0.25, -0.2) is 4.79 Å². The minimum absolute atomic E-state index is 0.233. The van der Waals surface area contributed by atoms with Crippen LogP contribution in [0.25, 0.3) is 0 Å². The summed E-state index contributed by atoms with van der Waals surface area (Å²) in [5, 5.41) is 2.10. The lowest BCUT2D eigenvalue weighted by molar-refractivity contribution is -0.137. The third-order valence-corrected chi connectivity index (χ3v) is 2.41. The Labute approximate surface area is 119 Å². The van der Waals surface area contributed by atoms with Crippen molar-refractivity contribution < 1.29 is 22.7 Å². The lowest BCUT2D eigenvalue weighted by Gasteiger charge is -2.20. The Morgan fingerprint density at radius 1 is 1.30 bits per heavy atom. The smallest absolute Gasteiger partial charge is 0.408 e. The maximum atomic E-state index is 12.6. The summed E-state index contributed by atoms with van der Waals surface area (Å²) in [5.41, 5.74) is 3.62. The molecule has 0 saturated heterocycles. The van der Waals surface area contributed by atoms with Gasteiger partial charge in [0, 0.05) is 5.54 Å². The van der Waals surface area contributed by atoms with Gasteiger partial charge in [0.05, 0.1) is 16.3 Å². The average molecular weight is 311 g/mol. The summed E-state index contributed by atoms with van der Waals surface area (Å²) in [6.45, 7) is 5.07. The van der Waals surface area contributed by atoms with E-state index in [0.717, 1.165) is 0 Å². The molecule has 8 heteroatoms. The molecule has 112 valence electrons. The van der Waals surface area contributed by atoms with Crippen molar-refractivity contribution in [2.75, 3.05) is 5.73 Å². The zero-order chi connectivity index (χ0) is 15.7. The highest BCUT2D eigenvalue weighted by atomic mass is 35.5. The number of benzene rings is 1. The number of anilines is 1. The number of ether oxygens (including phenoxy) is 1. The summed E-state index contributed by atoms with van der Waals surface area (Å²) in [6, 6.07) is 1.30. The number of carbonyl (C=O) groups is 1. The standard InChI is InChI=1S/C12H14ClF3N2O2/c1-11(2,3)18-10(19)20-8-5-6(12(14,15)16)4-7(13)9(8)17/h4-5H,17H2,1-3H3,(H,18,19). The maximum Gasteiger partial charge on any atom is 0.416 e. The van der Waals surface area contributed by atoms with Crippen molar-refractivity contribution in [3.8, 4) is 5.75 Å². The van der Waals surface area contributed by atoms with Gasteiger partial charge in [-0.05, 0) is 32.9 Å². The largest absolute Gasteiger partial charge is 0.416 e. The molecular formula is C12H14ClF3N2O2. The monoisotopic (exact) mass is 310 g/mol. The fourth-order valence-electron chi connectivity index (χ4n) is 1.27. The predicted molar refractivity (Wildman–Crippen MR) is 69.8 cm³/mol. The first-order valence-electron chi connectivity index (χ1n) is 5.56. The van der Waals surface area contributed by atoms with Crippen LogP contribution in [0, 0.1) is 0 Å². The third-order valence-electron chi connectivity index (χ3n) is 2.10. The fourth-order valence-corrected chi connectivity index (χ4v) is 1.48. The second kappa shape index (κ2) is 5.40. The van der Waals surface area contributed by atoms with E-state index >= 15 is 0 Å². The van der Waals surface area contributed by atoms with E-state index in [0.29, 0.717) is 12.1 Å². The van der Waals surface area contributed by atoms with Crippen LogP contribution in [-0.4, -0.2) is 11.6 Å². The van der Waals surface area contributed by atoms with E-state index in [9.17, 15) is 18.0 Å². The van der Waals surface area contributed by atoms with E-state index in [1.54, 1.807) is 20.8 Å². The molecule has 0 atom stereocenters. The Hall–Kier alpha value is -1.63. The molecule has 0 heterocycles. The van der Waals surface area contributed by atoms with Crippen LogP contribution in [0.1, 0.15) is 26.3 Å². The SMILES string of the molecule is CC(C)(C)NC(=O)Oc1cc(C(F)(F)F)cc(Cl)c1N. The van der Waals surface area contributed by atoms with E-state index in [-0.39, 0.29) is 10.7 Å². The molecule has 0 bridgehead atoms. The van der Waals surface area contributed by atoms with Gasteiger partial charge in [-0.1, -0.05) is 11.6 Å². The summed E-state index contributed by atoms with van der Waals surface area (Å²) in [5.74, 6) is -0.438. The van der Waals surface area contributed by atoms with Crippen LogP contribution in [0.2, 0.25) is 5.02 Å². The van der Waals surface area contributed by atoms with Gasteiger partial charge in [-0.3, -0.25) is 0 Å². The van der Waals surface area contributed by atoms with Crippen LogP contribution >= 0.6 is 11.6 Å². The first-order valence-corrected chi connectivity index (χ1v) is 5.94. The number of alkyl halides is 3. The quantitative estimate of drug-likeness (QED) is 0.775. The van der Waals surface area contributed by atoms with Crippen molar-refractivity contribution in [3.05, 3.63) is 22.7 Å². The average Bonchev–Trinajstić information content (AvgIpc) is 2.20.